The Hall–Kier alpha value is -2.73. The molecule has 5 nitrogen and oxygen atoms in total. The summed E-state index contributed by atoms with van der Waals surface area (Å²) in [6.45, 7) is 2.05. The quantitative estimate of drug-likeness (QED) is 0.556. The van der Waals surface area contributed by atoms with Crippen molar-refractivity contribution in [3.05, 3.63) is 70.4 Å². The monoisotopic (exact) mass is 311 g/mol. The van der Waals surface area contributed by atoms with Crippen molar-refractivity contribution in [1.82, 2.24) is 4.98 Å². The van der Waals surface area contributed by atoms with Crippen LogP contribution in [0.3, 0.4) is 0 Å². The average molecular weight is 311 g/mol. The van der Waals surface area contributed by atoms with Crippen molar-refractivity contribution < 1.29 is 4.92 Å². The molecule has 0 spiro atoms. The molecule has 0 unspecified atom stereocenters. The zero-order valence-electron chi connectivity index (χ0n) is 11.8. The molecule has 1 heterocycles. The van der Waals surface area contributed by atoms with Crippen LogP contribution in [0.25, 0.3) is 10.4 Å². The maximum absolute atomic E-state index is 10.6. The molecule has 1 N–H and O–H groups in total. The van der Waals surface area contributed by atoms with Gasteiger partial charge in [-0.3, -0.25) is 10.1 Å². The van der Waals surface area contributed by atoms with E-state index in [9.17, 15) is 10.1 Å². The molecule has 0 fully saturated rings. The van der Waals surface area contributed by atoms with Crippen LogP contribution in [0.5, 0.6) is 0 Å². The Morgan fingerprint density at radius 1 is 1.09 bits per heavy atom. The maximum atomic E-state index is 10.6. The zero-order chi connectivity index (χ0) is 15.5. The van der Waals surface area contributed by atoms with Gasteiger partial charge in [0.25, 0.3) is 5.69 Å². The van der Waals surface area contributed by atoms with Crippen LogP contribution in [0.2, 0.25) is 0 Å². The van der Waals surface area contributed by atoms with E-state index in [4.69, 9.17) is 0 Å². The first kappa shape index (κ1) is 14.2. The van der Waals surface area contributed by atoms with Crippen LogP contribution in [-0.4, -0.2) is 9.91 Å². The zero-order valence-corrected chi connectivity index (χ0v) is 12.6. The summed E-state index contributed by atoms with van der Waals surface area (Å²) in [6, 6.07) is 14.6. The minimum absolute atomic E-state index is 0.0741. The number of anilines is 2. The van der Waals surface area contributed by atoms with Crippen molar-refractivity contribution in [2.45, 2.75) is 6.92 Å². The van der Waals surface area contributed by atoms with E-state index in [1.54, 1.807) is 23.5 Å². The Labute approximate surface area is 131 Å². The van der Waals surface area contributed by atoms with Gasteiger partial charge in [-0.1, -0.05) is 41.2 Å². The third-order valence-corrected chi connectivity index (χ3v) is 4.13. The number of rotatable bonds is 4. The van der Waals surface area contributed by atoms with Crippen LogP contribution in [0.15, 0.2) is 54.7 Å². The molecule has 0 aliphatic heterocycles. The first-order chi connectivity index (χ1) is 10.6. The largest absolute Gasteiger partial charge is 0.332 e. The molecule has 0 aliphatic carbocycles. The molecule has 3 aromatic rings. The van der Waals surface area contributed by atoms with Gasteiger partial charge in [0.1, 0.15) is 0 Å². The number of nitrogens with zero attached hydrogens (tertiary/aromatic N) is 2. The van der Waals surface area contributed by atoms with Gasteiger partial charge in [0.05, 0.1) is 9.80 Å². The summed E-state index contributed by atoms with van der Waals surface area (Å²) in [5, 5.41) is 14.5. The standard InChI is InChI=1S/C16H13N3O2S/c1-11-2-4-12(5-3-11)15-10-17-16(22-15)18-13-6-8-14(9-7-13)19(20)21/h2-10H,1H3,(H,17,18). The second-order valence-electron chi connectivity index (χ2n) is 4.82. The van der Waals surface area contributed by atoms with Gasteiger partial charge in [0.15, 0.2) is 5.13 Å². The number of nitro groups is 1. The molecule has 6 heteroatoms. The average Bonchev–Trinajstić information content (AvgIpc) is 2.97. The molecule has 3 rings (SSSR count). The predicted molar refractivity (Wildman–Crippen MR) is 88.7 cm³/mol. The lowest BCUT2D eigenvalue weighted by Gasteiger charge is -2.01. The Kier molecular flexibility index (Phi) is 3.84. The first-order valence-corrected chi connectivity index (χ1v) is 7.48. The van der Waals surface area contributed by atoms with Gasteiger partial charge in [-0.05, 0) is 24.6 Å². The van der Waals surface area contributed by atoms with E-state index >= 15 is 0 Å². The minimum Gasteiger partial charge on any atom is -0.332 e. The normalized spacial score (nSPS) is 10.4. The number of nitrogens with one attached hydrogen (secondary N) is 1. The molecule has 0 amide bonds. The SMILES string of the molecule is Cc1ccc(-c2cnc(Nc3ccc([N+](=O)[O-])cc3)s2)cc1. The molecule has 0 saturated carbocycles. The summed E-state index contributed by atoms with van der Waals surface area (Å²) < 4.78 is 0. The lowest BCUT2D eigenvalue weighted by molar-refractivity contribution is -0.384. The van der Waals surface area contributed by atoms with Crippen LogP contribution in [-0.2, 0) is 0 Å². The molecule has 0 radical (unpaired) electrons. The van der Waals surface area contributed by atoms with E-state index < -0.39 is 4.92 Å². The van der Waals surface area contributed by atoms with Gasteiger partial charge < -0.3 is 5.32 Å². The summed E-state index contributed by atoms with van der Waals surface area (Å²) in [4.78, 5) is 15.6. The molecule has 22 heavy (non-hydrogen) atoms. The van der Waals surface area contributed by atoms with Crippen LogP contribution >= 0.6 is 11.3 Å². The van der Waals surface area contributed by atoms with Crippen LogP contribution in [0.4, 0.5) is 16.5 Å². The van der Waals surface area contributed by atoms with Crippen LogP contribution in [0.1, 0.15) is 5.56 Å². The number of aryl methyl sites for hydroxylation is 1. The second kappa shape index (κ2) is 5.95. The van der Waals surface area contributed by atoms with Gasteiger partial charge in [0, 0.05) is 24.0 Å². The highest BCUT2D eigenvalue weighted by Gasteiger charge is 2.07. The Bertz CT molecular complexity index is 795. The number of non-ortho nitro benzene ring substituents is 1. The number of benzene rings is 2. The second-order valence-corrected chi connectivity index (χ2v) is 5.86. The lowest BCUT2D eigenvalue weighted by atomic mass is 10.1. The molecule has 110 valence electrons. The Balaban J connectivity index is 1.76. The number of hydrogen-bond acceptors (Lipinski definition) is 5. The van der Waals surface area contributed by atoms with Crippen molar-refractivity contribution in [3.8, 4) is 10.4 Å². The maximum Gasteiger partial charge on any atom is 0.269 e. The smallest absolute Gasteiger partial charge is 0.269 e. The summed E-state index contributed by atoms with van der Waals surface area (Å²) in [7, 11) is 0. The molecule has 2 aromatic carbocycles. The van der Waals surface area contributed by atoms with Crippen molar-refractivity contribution >= 4 is 27.8 Å². The molecule has 1 aromatic heterocycles. The molecule has 0 bridgehead atoms. The molecule has 0 atom stereocenters. The third kappa shape index (κ3) is 3.12. The highest BCUT2D eigenvalue weighted by molar-refractivity contribution is 7.18. The molecular formula is C16H13N3O2S. The molecule has 0 aliphatic rings. The van der Waals surface area contributed by atoms with Crippen LogP contribution < -0.4 is 5.32 Å². The summed E-state index contributed by atoms with van der Waals surface area (Å²) >= 11 is 1.54. The van der Waals surface area contributed by atoms with Crippen molar-refractivity contribution in [1.29, 1.82) is 0 Å². The van der Waals surface area contributed by atoms with Gasteiger partial charge in [-0.15, -0.1) is 0 Å². The fourth-order valence-electron chi connectivity index (χ4n) is 1.97. The van der Waals surface area contributed by atoms with Crippen molar-refractivity contribution in [2.24, 2.45) is 0 Å². The predicted octanol–water partition coefficient (Wildman–Crippen LogP) is 4.77. The van der Waals surface area contributed by atoms with Crippen molar-refractivity contribution in [3.63, 3.8) is 0 Å². The highest BCUT2D eigenvalue weighted by atomic mass is 32.1. The third-order valence-electron chi connectivity index (χ3n) is 3.17. The first-order valence-electron chi connectivity index (χ1n) is 6.66. The molecule has 0 saturated heterocycles. The number of thiazole rings is 1. The summed E-state index contributed by atoms with van der Waals surface area (Å²) in [5.41, 5.74) is 3.19. The van der Waals surface area contributed by atoms with E-state index in [1.165, 1.54) is 17.7 Å². The lowest BCUT2D eigenvalue weighted by Crippen LogP contribution is -1.90. The van der Waals surface area contributed by atoms with E-state index in [2.05, 4.69) is 41.5 Å². The summed E-state index contributed by atoms with van der Waals surface area (Å²) in [6.07, 6.45) is 1.82. The highest BCUT2D eigenvalue weighted by Crippen LogP contribution is 2.31. The number of hydrogen-bond donors (Lipinski definition) is 1. The van der Waals surface area contributed by atoms with Crippen molar-refractivity contribution in [2.75, 3.05) is 5.32 Å². The van der Waals surface area contributed by atoms with Gasteiger partial charge >= 0.3 is 0 Å². The van der Waals surface area contributed by atoms with Gasteiger partial charge in [0.2, 0.25) is 0 Å². The van der Waals surface area contributed by atoms with Gasteiger partial charge in [-0.25, -0.2) is 4.98 Å². The summed E-state index contributed by atoms with van der Waals surface area (Å²) in [5.74, 6) is 0. The van der Waals surface area contributed by atoms with Gasteiger partial charge in [-0.2, -0.15) is 0 Å². The van der Waals surface area contributed by atoms with E-state index in [-0.39, 0.29) is 5.69 Å². The molecular weight excluding hydrogens is 298 g/mol. The Morgan fingerprint density at radius 2 is 1.77 bits per heavy atom. The Morgan fingerprint density at radius 3 is 2.41 bits per heavy atom. The van der Waals surface area contributed by atoms with Crippen LogP contribution in [0, 0.1) is 17.0 Å². The van der Waals surface area contributed by atoms with E-state index in [0.717, 1.165) is 21.3 Å². The number of nitro benzene ring substituents is 1. The minimum atomic E-state index is -0.414. The fraction of sp³-hybridized carbons (Fsp3) is 0.0625. The topological polar surface area (TPSA) is 68.1 Å². The fourth-order valence-corrected chi connectivity index (χ4v) is 2.82. The van der Waals surface area contributed by atoms with E-state index in [0.29, 0.717) is 0 Å². The number of aromatic nitrogens is 1. The van der Waals surface area contributed by atoms with E-state index in [1.807, 2.05) is 6.20 Å².